The van der Waals surface area contributed by atoms with Crippen molar-refractivity contribution in [2.75, 3.05) is 0 Å². The van der Waals surface area contributed by atoms with E-state index >= 15 is 0 Å². The van der Waals surface area contributed by atoms with Crippen LogP contribution in [-0.4, -0.2) is 23.9 Å². The number of carbonyl (C=O) groups excluding carboxylic acids is 2. The van der Waals surface area contributed by atoms with E-state index in [4.69, 9.17) is 10.5 Å². The zero-order valence-electron chi connectivity index (χ0n) is 10.1. The minimum absolute atomic E-state index is 0.157. The second-order valence-corrected chi connectivity index (χ2v) is 4.85. The zero-order chi connectivity index (χ0) is 14.1. The van der Waals surface area contributed by atoms with Crippen molar-refractivity contribution in [3.8, 4) is 0 Å². The van der Waals surface area contributed by atoms with E-state index in [0.29, 0.717) is 17.4 Å². The first kappa shape index (κ1) is 13.5. The van der Waals surface area contributed by atoms with Crippen LogP contribution in [0.1, 0.15) is 28.8 Å². The molecule has 1 amide bonds. The molecule has 1 aliphatic rings. The number of aldehydes is 1. The smallest absolute Gasteiger partial charge is 0.405 e. The van der Waals surface area contributed by atoms with Crippen LogP contribution in [0.2, 0.25) is 0 Å². The lowest BCUT2D eigenvalue weighted by Gasteiger charge is -2.46. The SMILES string of the molecule is NC(=O)OC1(Cc2ccc(C=O)cc2)CC(F)(F)C1. The highest BCUT2D eigenvalue weighted by Gasteiger charge is 2.59. The van der Waals surface area contributed by atoms with Gasteiger partial charge in [0.05, 0.1) is 12.8 Å². The summed E-state index contributed by atoms with van der Waals surface area (Å²) >= 11 is 0. The predicted octanol–water partition coefficient (Wildman–Crippen LogP) is 2.30. The fourth-order valence-electron chi connectivity index (χ4n) is 2.42. The summed E-state index contributed by atoms with van der Waals surface area (Å²) in [6.45, 7) is 0. The Morgan fingerprint density at radius 3 is 2.32 bits per heavy atom. The number of amides is 1. The lowest BCUT2D eigenvalue weighted by Crippen LogP contribution is -2.56. The van der Waals surface area contributed by atoms with Gasteiger partial charge < -0.3 is 10.5 Å². The third-order valence-electron chi connectivity index (χ3n) is 3.12. The van der Waals surface area contributed by atoms with Crippen molar-refractivity contribution in [2.24, 2.45) is 5.73 Å². The van der Waals surface area contributed by atoms with Crippen LogP contribution in [0.4, 0.5) is 13.6 Å². The van der Waals surface area contributed by atoms with Crippen LogP contribution in [0.15, 0.2) is 24.3 Å². The number of rotatable bonds is 4. The average Bonchev–Trinajstić information content (AvgIpc) is 2.26. The molecule has 1 aromatic carbocycles. The van der Waals surface area contributed by atoms with E-state index in [2.05, 4.69) is 0 Å². The Kier molecular flexibility index (Phi) is 3.26. The molecule has 0 radical (unpaired) electrons. The van der Waals surface area contributed by atoms with Crippen molar-refractivity contribution in [3.05, 3.63) is 35.4 Å². The quantitative estimate of drug-likeness (QED) is 0.853. The number of halogens is 2. The van der Waals surface area contributed by atoms with Crippen LogP contribution in [0.5, 0.6) is 0 Å². The zero-order valence-corrected chi connectivity index (χ0v) is 10.1. The summed E-state index contributed by atoms with van der Waals surface area (Å²) in [7, 11) is 0. The summed E-state index contributed by atoms with van der Waals surface area (Å²) in [6.07, 6.45) is -1.27. The highest BCUT2D eigenvalue weighted by atomic mass is 19.3. The van der Waals surface area contributed by atoms with E-state index in [1.807, 2.05) is 0 Å². The molecule has 0 unspecified atom stereocenters. The molecule has 1 saturated carbocycles. The topological polar surface area (TPSA) is 69.4 Å². The Hall–Kier alpha value is -1.98. The number of benzene rings is 1. The Labute approximate surface area is 108 Å². The van der Waals surface area contributed by atoms with Crippen molar-refractivity contribution in [3.63, 3.8) is 0 Å². The van der Waals surface area contributed by atoms with Crippen LogP contribution in [0.25, 0.3) is 0 Å². The van der Waals surface area contributed by atoms with E-state index in [1.165, 1.54) is 0 Å². The number of alkyl halides is 2. The van der Waals surface area contributed by atoms with Gasteiger partial charge in [0.1, 0.15) is 11.9 Å². The minimum Gasteiger partial charge on any atom is -0.442 e. The van der Waals surface area contributed by atoms with Crippen LogP contribution in [-0.2, 0) is 11.2 Å². The van der Waals surface area contributed by atoms with Gasteiger partial charge >= 0.3 is 6.09 Å². The monoisotopic (exact) mass is 269 g/mol. The van der Waals surface area contributed by atoms with Crippen LogP contribution >= 0.6 is 0 Å². The molecular weight excluding hydrogens is 256 g/mol. The molecule has 0 spiro atoms. The molecule has 6 heteroatoms. The van der Waals surface area contributed by atoms with Gasteiger partial charge in [-0.3, -0.25) is 4.79 Å². The Bertz CT molecular complexity index is 491. The standard InChI is InChI=1S/C13H13F2NO3/c14-13(15)7-12(8-13,19-11(16)18)5-9-1-3-10(6-17)4-2-9/h1-4,6H,5,7-8H2,(H2,16,18). The summed E-state index contributed by atoms with van der Waals surface area (Å²) in [6, 6.07) is 6.45. The molecule has 0 atom stereocenters. The highest BCUT2D eigenvalue weighted by Crippen LogP contribution is 2.49. The number of nitrogens with two attached hydrogens (primary N) is 1. The van der Waals surface area contributed by atoms with Gasteiger partial charge in [-0.1, -0.05) is 24.3 Å². The van der Waals surface area contributed by atoms with Crippen LogP contribution in [0, 0.1) is 0 Å². The van der Waals surface area contributed by atoms with Gasteiger partial charge in [-0.15, -0.1) is 0 Å². The molecule has 0 bridgehead atoms. The van der Waals surface area contributed by atoms with Gasteiger partial charge in [0.2, 0.25) is 0 Å². The maximum Gasteiger partial charge on any atom is 0.405 e. The summed E-state index contributed by atoms with van der Waals surface area (Å²) in [4.78, 5) is 21.3. The van der Waals surface area contributed by atoms with Crippen LogP contribution < -0.4 is 5.73 Å². The molecule has 2 N–H and O–H groups in total. The highest BCUT2D eigenvalue weighted by molar-refractivity contribution is 5.74. The minimum atomic E-state index is -2.82. The molecule has 4 nitrogen and oxygen atoms in total. The second-order valence-electron chi connectivity index (χ2n) is 4.85. The van der Waals surface area contributed by atoms with Crippen molar-refractivity contribution >= 4 is 12.4 Å². The van der Waals surface area contributed by atoms with Crippen molar-refractivity contribution in [2.45, 2.75) is 30.8 Å². The molecule has 19 heavy (non-hydrogen) atoms. The number of carbonyl (C=O) groups is 2. The van der Waals surface area contributed by atoms with E-state index < -0.39 is 30.5 Å². The molecule has 1 fully saturated rings. The van der Waals surface area contributed by atoms with E-state index in [9.17, 15) is 18.4 Å². The first-order valence-electron chi connectivity index (χ1n) is 5.75. The first-order chi connectivity index (χ1) is 8.84. The summed E-state index contributed by atoms with van der Waals surface area (Å²) in [5, 5.41) is 0. The fourth-order valence-corrected chi connectivity index (χ4v) is 2.42. The third kappa shape index (κ3) is 3.07. The molecule has 0 saturated heterocycles. The molecular formula is C13H13F2NO3. The number of ether oxygens (including phenoxy) is 1. The van der Waals surface area contributed by atoms with Gasteiger partial charge in [0.25, 0.3) is 5.92 Å². The van der Waals surface area contributed by atoms with Gasteiger partial charge in [-0.25, -0.2) is 13.6 Å². The van der Waals surface area contributed by atoms with Crippen molar-refractivity contribution < 1.29 is 23.1 Å². The average molecular weight is 269 g/mol. The lowest BCUT2D eigenvalue weighted by atomic mass is 9.72. The largest absolute Gasteiger partial charge is 0.442 e. The molecule has 2 rings (SSSR count). The van der Waals surface area contributed by atoms with Crippen molar-refractivity contribution in [1.29, 1.82) is 0 Å². The second kappa shape index (κ2) is 4.60. The maximum atomic E-state index is 13.0. The maximum absolute atomic E-state index is 13.0. The van der Waals surface area contributed by atoms with E-state index in [1.54, 1.807) is 24.3 Å². The molecule has 0 aliphatic heterocycles. The Morgan fingerprint density at radius 1 is 1.32 bits per heavy atom. The summed E-state index contributed by atoms with van der Waals surface area (Å²) in [5.74, 6) is -2.82. The first-order valence-corrected chi connectivity index (χ1v) is 5.75. The van der Waals surface area contributed by atoms with Crippen molar-refractivity contribution in [1.82, 2.24) is 0 Å². The molecule has 1 aromatic rings. The van der Waals surface area contributed by atoms with E-state index in [0.717, 1.165) is 0 Å². The van der Waals surface area contributed by atoms with Gasteiger partial charge in [-0.05, 0) is 5.56 Å². The van der Waals surface area contributed by atoms with Gasteiger partial charge in [-0.2, -0.15) is 0 Å². The molecule has 0 heterocycles. The number of primary amides is 1. The predicted molar refractivity (Wildman–Crippen MR) is 63.1 cm³/mol. The summed E-state index contributed by atoms with van der Waals surface area (Å²) in [5.41, 5.74) is 4.89. The lowest BCUT2D eigenvalue weighted by molar-refractivity contribution is -0.202. The van der Waals surface area contributed by atoms with Crippen LogP contribution in [0.3, 0.4) is 0 Å². The third-order valence-corrected chi connectivity index (χ3v) is 3.12. The number of hydrogen-bond donors (Lipinski definition) is 1. The van der Waals surface area contributed by atoms with Gasteiger partial charge in [0, 0.05) is 12.0 Å². The Morgan fingerprint density at radius 2 is 1.89 bits per heavy atom. The summed E-state index contributed by atoms with van der Waals surface area (Å²) < 4.78 is 30.9. The molecule has 0 aromatic heterocycles. The fraction of sp³-hybridized carbons (Fsp3) is 0.385. The number of hydrogen-bond acceptors (Lipinski definition) is 3. The van der Waals surface area contributed by atoms with Gasteiger partial charge in [0.15, 0.2) is 0 Å². The molecule has 1 aliphatic carbocycles. The Balaban J connectivity index is 2.12. The molecule has 102 valence electrons. The van der Waals surface area contributed by atoms with E-state index in [-0.39, 0.29) is 6.42 Å². The normalized spacial score (nSPS) is 19.3.